The number of carbonyl (C=O) groups is 2. The van der Waals surface area contributed by atoms with Gasteiger partial charge in [-0.3, -0.25) is 4.79 Å². The molecule has 3 aromatic rings. The van der Waals surface area contributed by atoms with Crippen LogP contribution in [-0.4, -0.2) is 29.5 Å². The molecule has 5 nitrogen and oxygen atoms in total. The van der Waals surface area contributed by atoms with Crippen LogP contribution < -0.4 is 5.32 Å². The summed E-state index contributed by atoms with van der Waals surface area (Å²) in [6.07, 6.45) is 5.61. The number of pyridine rings is 1. The third-order valence-corrected chi connectivity index (χ3v) is 6.41. The number of thiophene rings is 1. The second kappa shape index (κ2) is 9.43. The summed E-state index contributed by atoms with van der Waals surface area (Å²) < 4.78 is 5.45. The zero-order valence-electron chi connectivity index (χ0n) is 17.8. The van der Waals surface area contributed by atoms with Crippen molar-refractivity contribution in [2.24, 2.45) is 0 Å². The van der Waals surface area contributed by atoms with Crippen molar-refractivity contribution >= 4 is 45.8 Å². The first-order chi connectivity index (χ1) is 15.1. The number of nitrogens with one attached hydrogen (secondary N) is 1. The van der Waals surface area contributed by atoms with E-state index < -0.39 is 5.97 Å². The van der Waals surface area contributed by atoms with Crippen molar-refractivity contribution < 1.29 is 14.3 Å². The van der Waals surface area contributed by atoms with Gasteiger partial charge >= 0.3 is 5.97 Å². The number of rotatable bonds is 6. The van der Waals surface area contributed by atoms with Gasteiger partial charge in [-0.1, -0.05) is 31.2 Å². The number of aromatic nitrogens is 1. The summed E-state index contributed by atoms with van der Waals surface area (Å²) in [7, 11) is 0. The van der Waals surface area contributed by atoms with Gasteiger partial charge in [0.2, 0.25) is 0 Å². The smallest absolute Gasteiger partial charge is 0.339 e. The van der Waals surface area contributed by atoms with E-state index in [-0.39, 0.29) is 18.6 Å². The predicted molar refractivity (Wildman–Crippen MR) is 125 cm³/mol. The van der Waals surface area contributed by atoms with Crippen LogP contribution in [0.15, 0.2) is 41.8 Å². The maximum absolute atomic E-state index is 13.2. The molecule has 0 radical (unpaired) electrons. The summed E-state index contributed by atoms with van der Waals surface area (Å²) in [5, 5.41) is 5.65. The van der Waals surface area contributed by atoms with Crippen LogP contribution in [0.25, 0.3) is 22.6 Å². The molecule has 31 heavy (non-hydrogen) atoms. The Morgan fingerprint density at radius 1 is 1.23 bits per heavy atom. The summed E-state index contributed by atoms with van der Waals surface area (Å²) in [4.78, 5) is 31.4. The lowest BCUT2D eigenvalue weighted by molar-refractivity contribution is -0.124. The van der Waals surface area contributed by atoms with E-state index >= 15 is 0 Å². The van der Waals surface area contributed by atoms with Crippen molar-refractivity contribution in [2.75, 3.05) is 6.61 Å². The molecule has 0 aliphatic heterocycles. The molecule has 1 aromatic carbocycles. The highest BCUT2D eigenvalue weighted by molar-refractivity contribution is 7.10. The van der Waals surface area contributed by atoms with Gasteiger partial charge in [0.15, 0.2) is 6.61 Å². The molecule has 1 aliphatic carbocycles. The zero-order chi connectivity index (χ0) is 21.8. The number of nitrogens with zero attached hydrogens (tertiary/aromatic N) is 1. The van der Waals surface area contributed by atoms with Gasteiger partial charge in [0, 0.05) is 16.3 Å². The van der Waals surface area contributed by atoms with Crippen LogP contribution in [0.2, 0.25) is 0 Å². The highest BCUT2D eigenvalue weighted by Gasteiger charge is 2.26. The van der Waals surface area contributed by atoms with E-state index in [4.69, 9.17) is 9.72 Å². The Kier molecular flexibility index (Phi) is 6.47. The molecule has 2 aromatic heterocycles. The van der Waals surface area contributed by atoms with Gasteiger partial charge < -0.3 is 10.1 Å². The minimum atomic E-state index is -0.466. The minimum absolute atomic E-state index is 0.0469. The number of allylic oxidation sites excluding steroid dienone is 1. The molecule has 1 N–H and O–H groups in total. The Hall–Kier alpha value is -2.99. The first-order valence-electron chi connectivity index (χ1n) is 10.7. The molecule has 0 saturated heterocycles. The molecule has 0 fully saturated rings. The SMILES string of the molecule is CC[C@@H](C)NC(=O)COC(=O)c1c2c(nc3ccccc13)/C(=C\c1cccs1)CCC2. The molecule has 2 heterocycles. The molecule has 0 saturated carbocycles. The van der Waals surface area contributed by atoms with Gasteiger partial charge in [-0.25, -0.2) is 9.78 Å². The summed E-state index contributed by atoms with van der Waals surface area (Å²) >= 11 is 1.68. The molecule has 6 heteroatoms. The lowest BCUT2D eigenvalue weighted by atomic mass is 9.86. The van der Waals surface area contributed by atoms with E-state index in [2.05, 4.69) is 22.8 Å². The Labute approximate surface area is 186 Å². The van der Waals surface area contributed by atoms with Crippen molar-refractivity contribution in [3.8, 4) is 0 Å². The molecule has 1 atom stereocenters. The molecular weight excluding hydrogens is 408 g/mol. The lowest BCUT2D eigenvalue weighted by Crippen LogP contribution is -2.35. The Morgan fingerprint density at radius 2 is 2.06 bits per heavy atom. The fourth-order valence-electron chi connectivity index (χ4n) is 3.88. The fourth-order valence-corrected chi connectivity index (χ4v) is 4.56. The van der Waals surface area contributed by atoms with Gasteiger partial charge in [-0.15, -0.1) is 11.3 Å². The van der Waals surface area contributed by atoms with E-state index in [1.807, 2.05) is 44.2 Å². The second-order valence-electron chi connectivity index (χ2n) is 7.82. The number of benzene rings is 1. The number of fused-ring (bicyclic) bond motifs is 2. The molecule has 0 spiro atoms. The normalized spacial score (nSPS) is 15.5. The van der Waals surface area contributed by atoms with Gasteiger partial charge in [-0.2, -0.15) is 0 Å². The Morgan fingerprint density at radius 3 is 2.84 bits per heavy atom. The molecule has 1 amide bonds. The summed E-state index contributed by atoms with van der Waals surface area (Å²) in [6.45, 7) is 3.63. The second-order valence-corrected chi connectivity index (χ2v) is 8.80. The molecule has 160 valence electrons. The number of carbonyl (C=O) groups excluding carboxylic acids is 2. The maximum Gasteiger partial charge on any atom is 0.339 e. The van der Waals surface area contributed by atoms with Crippen LogP contribution >= 0.6 is 11.3 Å². The third kappa shape index (κ3) is 4.69. The largest absolute Gasteiger partial charge is 0.452 e. The monoisotopic (exact) mass is 434 g/mol. The van der Waals surface area contributed by atoms with Crippen molar-refractivity contribution in [1.82, 2.24) is 10.3 Å². The number of hydrogen-bond acceptors (Lipinski definition) is 5. The van der Waals surface area contributed by atoms with E-state index in [1.54, 1.807) is 11.3 Å². The van der Waals surface area contributed by atoms with Crippen LogP contribution in [0.1, 0.15) is 59.6 Å². The number of amides is 1. The number of ether oxygens (including phenoxy) is 1. The highest BCUT2D eigenvalue weighted by atomic mass is 32.1. The van der Waals surface area contributed by atoms with Crippen molar-refractivity contribution in [1.29, 1.82) is 0 Å². The molecule has 4 rings (SSSR count). The first-order valence-corrected chi connectivity index (χ1v) is 11.6. The quantitative estimate of drug-likeness (QED) is 0.539. The zero-order valence-corrected chi connectivity index (χ0v) is 18.6. The number of esters is 1. The van der Waals surface area contributed by atoms with Gasteiger partial charge in [0.25, 0.3) is 5.91 Å². The summed E-state index contributed by atoms with van der Waals surface area (Å²) in [5.41, 5.74) is 4.22. The predicted octanol–water partition coefficient (Wildman–Crippen LogP) is 5.24. The molecule has 0 unspecified atom stereocenters. The topological polar surface area (TPSA) is 68.3 Å². The van der Waals surface area contributed by atoms with Crippen molar-refractivity contribution in [3.63, 3.8) is 0 Å². The number of para-hydroxylation sites is 1. The lowest BCUT2D eigenvalue weighted by Gasteiger charge is -2.22. The Bertz CT molecular complexity index is 1140. The van der Waals surface area contributed by atoms with Crippen molar-refractivity contribution in [3.05, 3.63) is 63.5 Å². The average Bonchev–Trinajstić information content (AvgIpc) is 3.29. The standard InChI is InChI=1S/C25H26N2O3S/c1-3-16(2)26-22(28)15-30-25(29)23-19-10-4-5-12-21(19)27-24-17(8-6-11-20(23)24)14-18-9-7-13-31-18/h4-5,7,9-10,12-14,16H,3,6,8,11,15H2,1-2H3,(H,26,28)/b17-14-/t16-/m1/s1. The third-order valence-electron chi connectivity index (χ3n) is 5.59. The van der Waals surface area contributed by atoms with E-state index in [0.717, 1.165) is 53.4 Å². The summed E-state index contributed by atoms with van der Waals surface area (Å²) in [5.74, 6) is -0.750. The molecule has 0 bridgehead atoms. The van der Waals surface area contributed by atoms with Crippen molar-refractivity contribution in [2.45, 2.75) is 45.6 Å². The van der Waals surface area contributed by atoms with Crippen LogP contribution in [0.4, 0.5) is 0 Å². The van der Waals surface area contributed by atoms with Crippen LogP contribution in [0.5, 0.6) is 0 Å². The van der Waals surface area contributed by atoms with E-state index in [0.29, 0.717) is 5.56 Å². The van der Waals surface area contributed by atoms with E-state index in [9.17, 15) is 9.59 Å². The fraction of sp³-hybridized carbons (Fsp3) is 0.320. The van der Waals surface area contributed by atoms with Crippen LogP contribution in [0.3, 0.4) is 0 Å². The number of hydrogen-bond donors (Lipinski definition) is 1. The minimum Gasteiger partial charge on any atom is -0.452 e. The van der Waals surface area contributed by atoms with Crippen LogP contribution in [0, 0.1) is 0 Å². The Balaban J connectivity index is 1.71. The molecular formula is C25H26N2O3S. The molecule has 1 aliphatic rings. The maximum atomic E-state index is 13.2. The summed E-state index contributed by atoms with van der Waals surface area (Å²) in [6, 6.07) is 11.8. The average molecular weight is 435 g/mol. The van der Waals surface area contributed by atoms with Gasteiger partial charge in [0.1, 0.15) is 0 Å². The highest BCUT2D eigenvalue weighted by Crippen LogP contribution is 2.36. The van der Waals surface area contributed by atoms with Gasteiger partial charge in [0.05, 0.1) is 16.8 Å². The van der Waals surface area contributed by atoms with Crippen LogP contribution in [-0.2, 0) is 16.0 Å². The first kappa shape index (κ1) is 21.2. The van der Waals surface area contributed by atoms with E-state index in [1.165, 1.54) is 4.88 Å². The van der Waals surface area contributed by atoms with Gasteiger partial charge in [-0.05, 0) is 67.3 Å².